The van der Waals surface area contributed by atoms with Gasteiger partial charge >= 0.3 is 6.18 Å². The van der Waals surface area contributed by atoms with Crippen molar-refractivity contribution < 1.29 is 18.0 Å². The van der Waals surface area contributed by atoms with Crippen LogP contribution in [0.1, 0.15) is 47.9 Å². The minimum Gasteiger partial charge on any atom is -0.338 e. The van der Waals surface area contributed by atoms with Crippen molar-refractivity contribution >= 4 is 5.91 Å². The predicted molar refractivity (Wildman–Crippen MR) is 72.9 cm³/mol. The maximum absolute atomic E-state index is 12.6. The molecular formula is C15H19F3N2O. The molecule has 1 aliphatic carbocycles. The van der Waals surface area contributed by atoms with Crippen molar-refractivity contribution in [1.29, 1.82) is 0 Å². The molecule has 1 aliphatic rings. The lowest BCUT2D eigenvalue weighted by atomic mass is 10.1. The zero-order valence-corrected chi connectivity index (χ0v) is 12.2. The van der Waals surface area contributed by atoms with Gasteiger partial charge in [-0.1, -0.05) is 6.92 Å². The lowest BCUT2D eigenvalue weighted by Gasteiger charge is -2.23. The van der Waals surface area contributed by atoms with E-state index in [9.17, 15) is 18.0 Å². The quantitative estimate of drug-likeness (QED) is 0.831. The first-order valence-corrected chi connectivity index (χ1v) is 7.17. The summed E-state index contributed by atoms with van der Waals surface area (Å²) in [5.41, 5.74) is -0.565. The Hall–Kier alpha value is -1.59. The number of aryl methyl sites for hydroxylation is 1. The first kappa shape index (κ1) is 15.8. The Kier molecular flexibility index (Phi) is 4.54. The molecule has 0 aliphatic heterocycles. The molecule has 1 heterocycles. The molecule has 1 amide bonds. The molecule has 0 saturated heterocycles. The molecule has 1 aromatic heterocycles. The van der Waals surface area contributed by atoms with E-state index < -0.39 is 11.9 Å². The normalized spacial score (nSPS) is 15.1. The highest BCUT2D eigenvalue weighted by atomic mass is 19.4. The monoisotopic (exact) mass is 300 g/mol. The van der Waals surface area contributed by atoms with Crippen LogP contribution in [-0.4, -0.2) is 28.9 Å². The molecule has 0 atom stereocenters. The van der Waals surface area contributed by atoms with Crippen LogP contribution in [0, 0.1) is 12.8 Å². The van der Waals surface area contributed by atoms with Crippen molar-refractivity contribution in [2.24, 2.45) is 5.92 Å². The molecule has 2 rings (SSSR count). The Labute approximate surface area is 122 Å². The van der Waals surface area contributed by atoms with E-state index >= 15 is 0 Å². The number of carbonyl (C=O) groups excluding carboxylic acids is 1. The van der Waals surface area contributed by atoms with E-state index in [1.807, 2.05) is 6.92 Å². The van der Waals surface area contributed by atoms with Gasteiger partial charge in [0.1, 0.15) is 5.69 Å². The second-order valence-corrected chi connectivity index (χ2v) is 5.52. The van der Waals surface area contributed by atoms with Gasteiger partial charge < -0.3 is 4.90 Å². The zero-order chi connectivity index (χ0) is 15.6. The molecule has 116 valence electrons. The summed E-state index contributed by atoms with van der Waals surface area (Å²) in [4.78, 5) is 17.7. The number of alkyl halides is 3. The number of nitrogens with zero attached hydrogens (tertiary/aromatic N) is 2. The molecule has 0 unspecified atom stereocenters. The van der Waals surface area contributed by atoms with Gasteiger partial charge in [-0.15, -0.1) is 0 Å². The van der Waals surface area contributed by atoms with Gasteiger partial charge in [0.05, 0.1) is 11.3 Å². The minimum absolute atomic E-state index is 0.131. The van der Waals surface area contributed by atoms with Gasteiger partial charge in [0.15, 0.2) is 0 Å². The van der Waals surface area contributed by atoms with Crippen molar-refractivity contribution in [3.05, 3.63) is 29.1 Å². The molecule has 0 spiro atoms. The highest BCUT2D eigenvalue weighted by Gasteiger charge is 2.33. The summed E-state index contributed by atoms with van der Waals surface area (Å²) in [6, 6.07) is 2.12. The van der Waals surface area contributed by atoms with E-state index in [1.54, 1.807) is 4.90 Å². The third-order valence-electron chi connectivity index (χ3n) is 3.56. The van der Waals surface area contributed by atoms with Crippen molar-refractivity contribution in [2.75, 3.05) is 13.1 Å². The molecule has 6 heteroatoms. The average Bonchev–Trinajstić information content (AvgIpc) is 3.20. The van der Waals surface area contributed by atoms with E-state index in [0.29, 0.717) is 19.0 Å². The third-order valence-corrected chi connectivity index (χ3v) is 3.56. The van der Waals surface area contributed by atoms with Crippen molar-refractivity contribution in [3.8, 4) is 0 Å². The number of carbonyl (C=O) groups is 1. The van der Waals surface area contributed by atoms with E-state index in [0.717, 1.165) is 25.3 Å². The van der Waals surface area contributed by atoms with Crippen LogP contribution in [0.4, 0.5) is 13.2 Å². The molecule has 3 nitrogen and oxygen atoms in total. The topological polar surface area (TPSA) is 33.2 Å². The van der Waals surface area contributed by atoms with Gasteiger partial charge in [0.2, 0.25) is 0 Å². The van der Waals surface area contributed by atoms with Crippen LogP contribution in [0.5, 0.6) is 0 Å². The van der Waals surface area contributed by atoms with Crippen LogP contribution < -0.4 is 0 Å². The van der Waals surface area contributed by atoms with E-state index in [2.05, 4.69) is 4.98 Å². The first-order valence-electron chi connectivity index (χ1n) is 7.17. The minimum atomic E-state index is -4.48. The van der Waals surface area contributed by atoms with Crippen LogP contribution in [0.25, 0.3) is 0 Å². The Morgan fingerprint density at radius 2 is 2.05 bits per heavy atom. The van der Waals surface area contributed by atoms with E-state index in [4.69, 9.17) is 0 Å². The van der Waals surface area contributed by atoms with E-state index in [1.165, 1.54) is 13.0 Å². The molecule has 1 aromatic rings. The molecule has 21 heavy (non-hydrogen) atoms. The predicted octanol–water partition coefficient (Wildman–Crippen LogP) is 3.67. The maximum atomic E-state index is 12.6. The van der Waals surface area contributed by atoms with Gasteiger partial charge in [0, 0.05) is 13.1 Å². The summed E-state index contributed by atoms with van der Waals surface area (Å²) >= 11 is 0. The molecule has 0 N–H and O–H groups in total. The first-order chi connectivity index (χ1) is 9.82. The van der Waals surface area contributed by atoms with Gasteiger partial charge in [0.25, 0.3) is 5.91 Å². The largest absolute Gasteiger partial charge is 0.433 e. The fourth-order valence-electron chi connectivity index (χ4n) is 2.27. The summed E-state index contributed by atoms with van der Waals surface area (Å²) in [6.07, 6.45) is -1.41. The summed E-state index contributed by atoms with van der Waals surface area (Å²) in [6.45, 7) is 4.73. The molecule has 1 saturated carbocycles. The smallest absolute Gasteiger partial charge is 0.338 e. The standard InChI is InChI=1S/C15H19F3N2O/c1-3-8-20(9-11-4-5-11)14(21)12-6-7-13(15(16,17)18)19-10(12)2/h6-7,11H,3-5,8-9H2,1-2H3. The zero-order valence-electron chi connectivity index (χ0n) is 12.2. The molecule has 0 bridgehead atoms. The number of halogens is 3. The molecule has 1 fully saturated rings. The maximum Gasteiger partial charge on any atom is 0.433 e. The van der Waals surface area contributed by atoms with Crippen LogP contribution >= 0.6 is 0 Å². The second kappa shape index (κ2) is 6.03. The van der Waals surface area contributed by atoms with Crippen molar-refractivity contribution in [1.82, 2.24) is 9.88 Å². The Morgan fingerprint density at radius 1 is 1.38 bits per heavy atom. The molecule has 0 aromatic carbocycles. The lowest BCUT2D eigenvalue weighted by molar-refractivity contribution is -0.141. The SMILES string of the molecule is CCCN(CC1CC1)C(=O)c1ccc(C(F)(F)F)nc1C. The molecule has 0 radical (unpaired) electrons. The Balaban J connectivity index is 2.20. The van der Waals surface area contributed by atoms with Crippen LogP contribution in [0.15, 0.2) is 12.1 Å². The number of pyridine rings is 1. The second-order valence-electron chi connectivity index (χ2n) is 5.52. The number of hydrogen-bond donors (Lipinski definition) is 0. The Morgan fingerprint density at radius 3 is 2.52 bits per heavy atom. The number of hydrogen-bond acceptors (Lipinski definition) is 2. The summed E-state index contributed by atoms with van der Waals surface area (Å²) in [5, 5.41) is 0. The summed E-state index contributed by atoms with van der Waals surface area (Å²) in [5.74, 6) is 0.325. The fourth-order valence-corrected chi connectivity index (χ4v) is 2.27. The van der Waals surface area contributed by atoms with Crippen molar-refractivity contribution in [2.45, 2.75) is 39.3 Å². The van der Waals surface area contributed by atoms with E-state index in [-0.39, 0.29) is 17.2 Å². The Bertz CT molecular complexity index is 524. The number of aromatic nitrogens is 1. The molecular weight excluding hydrogens is 281 g/mol. The number of rotatable bonds is 5. The van der Waals surface area contributed by atoms with Gasteiger partial charge in [-0.2, -0.15) is 13.2 Å². The van der Waals surface area contributed by atoms with Crippen LogP contribution in [-0.2, 0) is 6.18 Å². The lowest BCUT2D eigenvalue weighted by Crippen LogP contribution is -2.34. The van der Waals surface area contributed by atoms with Crippen LogP contribution in [0.2, 0.25) is 0 Å². The van der Waals surface area contributed by atoms with Crippen molar-refractivity contribution in [3.63, 3.8) is 0 Å². The highest BCUT2D eigenvalue weighted by Crippen LogP contribution is 2.31. The summed E-state index contributed by atoms with van der Waals surface area (Å²) in [7, 11) is 0. The summed E-state index contributed by atoms with van der Waals surface area (Å²) < 4.78 is 37.8. The number of amides is 1. The van der Waals surface area contributed by atoms with Gasteiger partial charge in [-0.05, 0) is 44.2 Å². The van der Waals surface area contributed by atoms with Crippen LogP contribution in [0.3, 0.4) is 0 Å². The van der Waals surface area contributed by atoms with Gasteiger partial charge in [-0.3, -0.25) is 4.79 Å². The van der Waals surface area contributed by atoms with Gasteiger partial charge in [-0.25, -0.2) is 4.98 Å². The third kappa shape index (κ3) is 3.95. The average molecular weight is 300 g/mol. The highest BCUT2D eigenvalue weighted by molar-refractivity contribution is 5.95. The fraction of sp³-hybridized carbons (Fsp3) is 0.600.